The van der Waals surface area contributed by atoms with Crippen molar-refractivity contribution in [3.8, 4) is 5.69 Å². The summed E-state index contributed by atoms with van der Waals surface area (Å²) in [5.74, 6) is 0. The van der Waals surface area contributed by atoms with Crippen LogP contribution in [-0.2, 0) is 6.42 Å². The first-order valence-electron chi connectivity index (χ1n) is 8.17. The predicted octanol–water partition coefficient (Wildman–Crippen LogP) is 6.06. The smallest absolute Gasteiger partial charge is 0.0630 e. The fourth-order valence-electron chi connectivity index (χ4n) is 2.99. The minimum absolute atomic E-state index is 0.725. The first-order valence-corrected chi connectivity index (χ1v) is 8.54. The molecule has 2 aromatic carbocycles. The molecule has 3 rings (SSSR count). The number of hydrogen-bond donors (Lipinski definition) is 0. The van der Waals surface area contributed by atoms with E-state index in [4.69, 9.17) is 11.6 Å². The van der Waals surface area contributed by atoms with Gasteiger partial charge in [-0.3, -0.25) is 4.99 Å². The molecule has 0 saturated carbocycles. The van der Waals surface area contributed by atoms with E-state index in [1.807, 2.05) is 30.5 Å². The molecule has 0 saturated heterocycles. The van der Waals surface area contributed by atoms with E-state index in [2.05, 4.69) is 60.7 Å². The summed E-state index contributed by atoms with van der Waals surface area (Å²) in [4.78, 5) is 4.57. The van der Waals surface area contributed by atoms with Crippen LogP contribution in [0.5, 0.6) is 0 Å². The van der Waals surface area contributed by atoms with E-state index >= 15 is 0 Å². The third-order valence-electron chi connectivity index (χ3n) is 4.26. The number of halogens is 1. The molecular formula is C21H21ClN2. The average molecular weight is 337 g/mol. The Morgan fingerprint density at radius 2 is 1.75 bits per heavy atom. The van der Waals surface area contributed by atoms with E-state index in [0.717, 1.165) is 22.7 Å². The van der Waals surface area contributed by atoms with Crippen molar-refractivity contribution in [1.82, 2.24) is 4.57 Å². The van der Waals surface area contributed by atoms with E-state index in [1.54, 1.807) is 0 Å². The van der Waals surface area contributed by atoms with Gasteiger partial charge in [0.15, 0.2) is 0 Å². The van der Waals surface area contributed by atoms with Crippen molar-refractivity contribution in [3.05, 3.63) is 82.1 Å². The van der Waals surface area contributed by atoms with Crippen molar-refractivity contribution in [2.45, 2.75) is 27.2 Å². The molecule has 2 nitrogen and oxygen atoms in total. The number of benzene rings is 2. The van der Waals surface area contributed by atoms with Crippen molar-refractivity contribution in [1.29, 1.82) is 0 Å². The number of rotatable bonds is 4. The lowest BCUT2D eigenvalue weighted by Crippen LogP contribution is -2.03. The van der Waals surface area contributed by atoms with Crippen LogP contribution in [0, 0.1) is 13.8 Å². The summed E-state index contributed by atoms with van der Waals surface area (Å²) in [5, 5.41) is 0.725. The number of hydrogen-bond acceptors (Lipinski definition) is 1. The number of para-hydroxylation sites is 1. The molecule has 0 bridgehead atoms. The molecule has 1 heterocycles. The van der Waals surface area contributed by atoms with Gasteiger partial charge in [-0.15, -0.1) is 0 Å². The lowest BCUT2D eigenvalue weighted by molar-refractivity contribution is 0.937. The lowest BCUT2D eigenvalue weighted by atomic mass is 10.1. The van der Waals surface area contributed by atoms with Crippen LogP contribution < -0.4 is 0 Å². The van der Waals surface area contributed by atoms with E-state index < -0.39 is 0 Å². The van der Waals surface area contributed by atoms with Crippen molar-refractivity contribution < 1.29 is 0 Å². The molecule has 24 heavy (non-hydrogen) atoms. The van der Waals surface area contributed by atoms with Crippen molar-refractivity contribution in [2.24, 2.45) is 4.99 Å². The number of aryl methyl sites for hydroxylation is 2. The molecule has 0 radical (unpaired) electrons. The molecule has 0 amide bonds. The Balaban J connectivity index is 1.99. The van der Waals surface area contributed by atoms with E-state index in [9.17, 15) is 0 Å². The van der Waals surface area contributed by atoms with Gasteiger partial charge in [0.25, 0.3) is 0 Å². The minimum atomic E-state index is 0.725. The Morgan fingerprint density at radius 3 is 2.46 bits per heavy atom. The molecular weight excluding hydrogens is 316 g/mol. The summed E-state index contributed by atoms with van der Waals surface area (Å²) < 4.78 is 2.31. The highest BCUT2D eigenvalue weighted by molar-refractivity contribution is 6.30. The van der Waals surface area contributed by atoms with Crippen molar-refractivity contribution in [3.63, 3.8) is 0 Å². The number of aliphatic imine (C=N–C) groups is 1. The maximum atomic E-state index is 5.92. The molecule has 0 aliphatic heterocycles. The van der Waals surface area contributed by atoms with E-state index in [-0.39, 0.29) is 0 Å². The average Bonchev–Trinajstić information content (AvgIpc) is 2.88. The number of aromatic nitrogens is 1. The molecule has 0 spiro atoms. The molecule has 0 N–H and O–H groups in total. The van der Waals surface area contributed by atoms with Gasteiger partial charge in [0, 0.05) is 33.9 Å². The fourth-order valence-corrected chi connectivity index (χ4v) is 3.11. The van der Waals surface area contributed by atoms with Crippen LogP contribution in [0.4, 0.5) is 5.69 Å². The summed E-state index contributed by atoms with van der Waals surface area (Å²) in [7, 11) is 0. The third-order valence-corrected chi connectivity index (χ3v) is 4.52. The maximum Gasteiger partial charge on any atom is 0.0630 e. The molecule has 0 atom stereocenters. The Hall–Kier alpha value is -2.32. The van der Waals surface area contributed by atoms with Gasteiger partial charge in [-0.25, -0.2) is 0 Å². The maximum absolute atomic E-state index is 5.92. The zero-order chi connectivity index (χ0) is 17.1. The predicted molar refractivity (Wildman–Crippen MR) is 103 cm³/mol. The largest absolute Gasteiger partial charge is 0.318 e. The highest BCUT2D eigenvalue weighted by Gasteiger charge is 2.11. The van der Waals surface area contributed by atoms with Gasteiger partial charge in [0.2, 0.25) is 0 Å². The molecule has 1 aromatic heterocycles. The summed E-state index contributed by atoms with van der Waals surface area (Å²) in [6.45, 7) is 6.47. The second kappa shape index (κ2) is 7.06. The van der Waals surface area contributed by atoms with Crippen LogP contribution in [0.1, 0.15) is 29.4 Å². The van der Waals surface area contributed by atoms with Crippen LogP contribution >= 0.6 is 11.6 Å². The van der Waals surface area contributed by atoms with Crippen LogP contribution in [-0.4, -0.2) is 10.8 Å². The molecule has 0 aliphatic carbocycles. The van der Waals surface area contributed by atoms with E-state index in [0.29, 0.717) is 0 Å². The van der Waals surface area contributed by atoms with Crippen LogP contribution in [0.25, 0.3) is 5.69 Å². The summed E-state index contributed by atoms with van der Waals surface area (Å²) in [6.07, 6.45) is 2.94. The highest BCUT2D eigenvalue weighted by atomic mass is 35.5. The van der Waals surface area contributed by atoms with Gasteiger partial charge in [0.05, 0.1) is 5.69 Å². The Kier molecular flexibility index (Phi) is 4.86. The summed E-state index contributed by atoms with van der Waals surface area (Å²) in [5.41, 5.74) is 7.05. The molecule has 3 aromatic rings. The van der Waals surface area contributed by atoms with Crippen LogP contribution in [0.2, 0.25) is 5.02 Å². The van der Waals surface area contributed by atoms with Gasteiger partial charge in [0.1, 0.15) is 0 Å². The Labute approximate surface area is 148 Å². The van der Waals surface area contributed by atoms with Gasteiger partial charge in [-0.2, -0.15) is 0 Å². The molecule has 3 heteroatoms. The second-order valence-corrected chi connectivity index (χ2v) is 6.32. The monoisotopic (exact) mass is 336 g/mol. The van der Waals surface area contributed by atoms with Crippen LogP contribution in [0.3, 0.4) is 0 Å². The molecule has 0 fully saturated rings. The van der Waals surface area contributed by atoms with Gasteiger partial charge in [-0.05, 0) is 62.2 Å². The summed E-state index contributed by atoms with van der Waals surface area (Å²) in [6, 6.07) is 18.3. The topological polar surface area (TPSA) is 17.3 Å². The Morgan fingerprint density at radius 1 is 1.04 bits per heavy atom. The van der Waals surface area contributed by atoms with Gasteiger partial charge < -0.3 is 4.57 Å². The second-order valence-electron chi connectivity index (χ2n) is 5.88. The normalized spacial score (nSPS) is 11.3. The first-order chi connectivity index (χ1) is 11.6. The van der Waals surface area contributed by atoms with Gasteiger partial charge in [-0.1, -0.05) is 36.7 Å². The molecule has 0 unspecified atom stereocenters. The third kappa shape index (κ3) is 3.29. The number of nitrogens with zero attached hydrogens (tertiary/aromatic N) is 2. The van der Waals surface area contributed by atoms with Crippen molar-refractivity contribution in [2.75, 3.05) is 0 Å². The first kappa shape index (κ1) is 16.5. The fraction of sp³-hybridized carbons (Fsp3) is 0.190. The quantitative estimate of drug-likeness (QED) is 0.515. The van der Waals surface area contributed by atoms with Gasteiger partial charge >= 0.3 is 0 Å². The van der Waals surface area contributed by atoms with Crippen molar-refractivity contribution >= 4 is 23.5 Å². The SMILES string of the molecule is CCc1ccccc1-n1c(C)cc(C=Nc2ccc(Cl)cc2)c1C. The minimum Gasteiger partial charge on any atom is -0.318 e. The lowest BCUT2D eigenvalue weighted by Gasteiger charge is -2.13. The summed E-state index contributed by atoms with van der Waals surface area (Å²) >= 11 is 5.92. The zero-order valence-electron chi connectivity index (χ0n) is 14.3. The molecule has 0 aliphatic rings. The van der Waals surface area contributed by atoms with E-state index in [1.165, 1.54) is 22.6 Å². The standard InChI is InChI=1S/C21H21ClN2/c1-4-17-7-5-6-8-21(17)24-15(2)13-18(16(24)3)14-23-20-11-9-19(22)10-12-20/h5-14H,4H2,1-3H3. The molecule has 122 valence electrons. The Bertz CT molecular complexity index is 873. The zero-order valence-corrected chi connectivity index (χ0v) is 15.0. The highest BCUT2D eigenvalue weighted by Crippen LogP contribution is 2.24. The van der Waals surface area contributed by atoms with Crippen LogP contribution in [0.15, 0.2) is 59.6 Å².